The summed E-state index contributed by atoms with van der Waals surface area (Å²) in [5.41, 5.74) is 2.84. The van der Waals surface area contributed by atoms with Crippen LogP contribution in [-0.2, 0) is 11.3 Å². The van der Waals surface area contributed by atoms with E-state index in [1.807, 2.05) is 36.4 Å². The molecule has 0 saturated carbocycles. The number of hydrogen-bond acceptors (Lipinski definition) is 7. The molecule has 2 N–H and O–H groups in total. The van der Waals surface area contributed by atoms with E-state index in [0.29, 0.717) is 44.1 Å². The smallest absolute Gasteiger partial charge is 0.475 e. The van der Waals surface area contributed by atoms with E-state index in [2.05, 4.69) is 20.1 Å². The van der Waals surface area contributed by atoms with Crippen LogP contribution in [0, 0.1) is 11.6 Å². The van der Waals surface area contributed by atoms with Gasteiger partial charge in [-0.25, -0.2) is 23.5 Å². The second kappa shape index (κ2) is 12.0. The summed E-state index contributed by atoms with van der Waals surface area (Å²) in [6, 6.07) is 15.2. The van der Waals surface area contributed by atoms with E-state index in [1.54, 1.807) is 12.4 Å². The number of para-hydroxylation sites is 2. The first-order valence-corrected chi connectivity index (χ1v) is 11.8. The molecule has 39 heavy (non-hydrogen) atoms. The third-order valence-corrected chi connectivity index (χ3v) is 5.79. The molecule has 0 unspecified atom stereocenters. The number of alkyl halides is 3. The maximum Gasteiger partial charge on any atom is 0.490 e. The lowest BCUT2D eigenvalue weighted by Gasteiger charge is -2.36. The third kappa shape index (κ3) is 7.35. The largest absolute Gasteiger partial charge is 0.490 e. The van der Waals surface area contributed by atoms with Gasteiger partial charge in [0.2, 0.25) is 0 Å². The average molecular weight is 547 g/mol. The summed E-state index contributed by atoms with van der Waals surface area (Å²) >= 11 is 0. The molecule has 0 atom stereocenters. The molecule has 1 aliphatic heterocycles. The molecular weight excluding hydrogens is 523 g/mol. The van der Waals surface area contributed by atoms with E-state index in [9.17, 15) is 22.0 Å². The number of piperazine rings is 1. The van der Waals surface area contributed by atoms with E-state index in [-0.39, 0.29) is 5.82 Å². The minimum absolute atomic E-state index is 0.377. The highest BCUT2D eigenvalue weighted by molar-refractivity contribution is 5.82. The number of pyridine rings is 1. The zero-order valence-electron chi connectivity index (χ0n) is 20.4. The molecule has 1 fully saturated rings. The van der Waals surface area contributed by atoms with E-state index >= 15 is 0 Å². The minimum atomic E-state index is -5.08. The number of carboxylic acids is 1. The van der Waals surface area contributed by atoms with Crippen molar-refractivity contribution in [1.82, 2.24) is 19.9 Å². The molecule has 4 aromatic rings. The van der Waals surface area contributed by atoms with Crippen LogP contribution in [0.2, 0.25) is 0 Å². The number of nitrogens with zero attached hydrogens (tertiary/aromatic N) is 5. The van der Waals surface area contributed by atoms with Crippen LogP contribution >= 0.6 is 0 Å². The fraction of sp³-hybridized carbons (Fsp3) is 0.231. The molecule has 0 radical (unpaired) electrons. The van der Waals surface area contributed by atoms with Crippen molar-refractivity contribution in [2.75, 3.05) is 36.4 Å². The first-order chi connectivity index (χ1) is 18.6. The van der Waals surface area contributed by atoms with Gasteiger partial charge in [0.25, 0.3) is 0 Å². The number of anilines is 3. The van der Waals surface area contributed by atoms with Crippen molar-refractivity contribution in [3.63, 3.8) is 0 Å². The first kappa shape index (κ1) is 27.6. The summed E-state index contributed by atoms with van der Waals surface area (Å²) in [4.78, 5) is 27.0. The van der Waals surface area contributed by atoms with E-state index < -0.39 is 18.0 Å². The Labute approximate surface area is 219 Å². The van der Waals surface area contributed by atoms with Crippen LogP contribution in [0.5, 0.6) is 0 Å². The number of carboxylic acid groups (broad SMARTS) is 1. The highest BCUT2D eigenvalue weighted by atomic mass is 19.4. The Kier molecular flexibility index (Phi) is 8.49. The minimum Gasteiger partial charge on any atom is -0.475 e. The van der Waals surface area contributed by atoms with Crippen LogP contribution in [-0.4, -0.2) is 63.3 Å². The predicted octanol–water partition coefficient (Wildman–Crippen LogP) is 5.00. The monoisotopic (exact) mass is 546 g/mol. The zero-order chi connectivity index (χ0) is 28.0. The number of carbonyl (C=O) groups is 1. The molecule has 3 heterocycles. The van der Waals surface area contributed by atoms with Crippen molar-refractivity contribution >= 4 is 34.3 Å². The lowest BCUT2D eigenvalue weighted by Crippen LogP contribution is -2.46. The molecular formula is C26H23F5N6O2. The number of fused-ring (bicyclic) bond motifs is 1. The Morgan fingerprint density at radius 3 is 2.23 bits per heavy atom. The van der Waals surface area contributed by atoms with Crippen molar-refractivity contribution in [3.05, 3.63) is 84.2 Å². The molecule has 0 spiro atoms. The fourth-order valence-electron chi connectivity index (χ4n) is 3.89. The Morgan fingerprint density at radius 2 is 1.62 bits per heavy atom. The van der Waals surface area contributed by atoms with E-state index in [0.717, 1.165) is 28.6 Å². The molecule has 5 rings (SSSR count). The van der Waals surface area contributed by atoms with Crippen LogP contribution in [0.25, 0.3) is 11.0 Å². The van der Waals surface area contributed by atoms with Crippen molar-refractivity contribution < 1.29 is 31.9 Å². The van der Waals surface area contributed by atoms with E-state index in [1.165, 1.54) is 12.1 Å². The lowest BCUT2D eigenvalue weighted by molar-refractivity contribution is -0.192. The first-order valence-electron chi connectivity index (χ1n) is 11.8. The number of aliphatic carboxylic acids is 1. The van der Waals surface area contributed by atoms with Crippen LogP contribution in [0.3, 0.4) is 0 Å². The Morgan fingerprint density at radius 1 is 0.949 bits per heavy atom. The number of aromatic nitrogens is 3. The predicted molar refractivity (Wildman–Crippen MR) is 135 cm³/mol. The van der Waals surface area contributed by atoms with Gasteiger partial charge in [0.05, 0.1) is 22.9 Å². The Balaban J connectivity index is 0.000000448. The molecule has 2 aromatic heterocycles. The van der Waals surface area contributed by atoms with Gasteiger partial charge in [-0.05, 0) is 42.5 Å². The van der Waals surface area contributed by atoms with Crippen LogP contribution in [0.15, 0.2) is 67.0 Å². The third-order valence-electron chi connectivity index (χ3n) is 5.79. The molecule has 0 bridgehead atoms. The summed E-state index contributed by atoms with van der Waals surface area (Å²) < 4.78 is 59.3. The number of nitrogens with one attached hydrogen (secondary N) is 1. The van der Waals surface area contributed by atoms with Crippen molar-refractivity contribution in [3.8, 4) is 0 Å². The Bertz CT molecular complexity index is 1430. The zero-order valence-corrected chi connectivity index (χ0v) is 20.4. The van der Waals surface area contributed by atoms with E-state index in [4.69, 9.17) is 19.9 Å². The number of rotatable bonds is 5. The topological polar surface area (TPSA) is 94.5 Å². The molecule has 204 valence electrons. The molecule has 0 aliphatic carbocycles. The molecule has 8 nitrogen and oxygen atoms in total. The van der Waals surface area contributed by atoms with Gasteiger partial charge in [-0.1, -0.05) is 12.1 Å². The summed E-state index contributed by atoms with van der Waals surface area (Å²) in [5, 5.41) is 10.5. The fourth-order valence-corrected chi connectivity index (χ4v) is 3.89. The SMILES string of the molecule is Fc1ccc(F)c(CN2CCN(c3nc4ccccc4nc3Nc3cccnc3)CC2)c1.O=C(O)C(F)(F)F. The lowest BCUT2D eigenvalue weighted by atomic mass is 10.1. The normalized spacial score (nSPS) is 14.0. The second-order valence-electron chi connectivity index (χ2n) is 8.55. The van der Waals surface area contributed by atoms with Crippen LogP contribution in [0.4, 0.5) is 39.3 Å². The van der Waals surface area contributed by atoms with Gasteiger partial charge in [-0.3, -0.25) is 9.88 Å². The van der Waals surface area contributed by atoms with Gasteiger partial charge < -0.3 is 15.3 Å². The summed E-state index contributed by atoms with van der Waals surface area (Å²) in [7, 11) is 0. The standard InChI is InChI=1S/C24H22F2N6.C2HF3O2/c25-18-7-8-20(26)17(14-18)16-31-10-12-32(13-11-31)24-23(28-19-4-3-9-27-15-19)29-21-5-1-2-6-22(21)30-24;3-2(4,5)1(6)7/h1-9,14-15H,10-13,16H2,(H,28,29);(H,6,7). The van der Waals surface area contributed by atoms with Gasteiger partial charge in [0, 0.05) is 44.5 Å². The molecule has 1 aliphatic rings. The molecule has 13 heteroatoms. The van der Waals surface area contributed by atoms with Gasteiger partial charge in [0.1, 0.15) is 11.6 Å². The number of hydrogen-bond donors (Lipinski definition) is 2. The summed E-state index contributed by atoms with van der Waals surface area (Å²) in [6.45, 7) is 3.19. The highest BCUT2D eigenvalue weighted by Gasteiger charge is 2.38. The molecule has 2 aromatic carbocycles. The van der Waals surface area contributed by atoms with Gasteiger partial charge >= 0.3 is 12.1 Å². The Hall–Kier alpha value is -4.39. The quantitative estimate of drug-likeness (QED) is 0.338. The summed E-state index contributed by atoms with van der Waals surface area (Å²) in [6.07, 6.45) is -1.62. The van der Waals surface area contributed by atoms with Gasteiger partial charge in [0.15, 0.2) is 11.6 Å². The maximum atomic E-state index is 14.0. The highest BCUT2D eigenvalue weighted by Crippen LogP contribution is 2.28. The van der Waals surface area contributed by atoms with Crippen molar-refractivity contribution in [2.45, 2.75) is 12.7 Å². The average Bonchev–Trinajstić information content (AvgIpc) is 2.91. The molecule has 0 amide bonds. The second-order valence-corrected chi connectivity index (χ2v) is 8.55. The number of benzene rings is 2. The molecule has 1 saturated heterocycles. The van der Waals surface area contributed by atoms with Crippen LogP contribution in [0.1, 0.15) is 5.56 Å². The number of halogens is 5. The van der Waals surface area contributed by atoms with Crippen molar-refractivity contribution in [2.24, 2.45) is 0 Å². The summed E-state index contributed by atoms with van der Waals surface area (Å²) in [5.74, 6) is -2.12. The maximum absolute atomic E-state index is 14.0. The van der Waals surface area contributed by atoms with Crippen LogP contribution < -0.4 is 10.2 Å². The van der Waals surface area contributed by atoms with Crippen molar-refractivity contribution in [1.29, 1.82) is 0 Å². The van der Waals surface area contributed by atoms with Gasteiger partial charge in [-0.2, -0.15) is 13.2 Å². The van der Waals surface area contributed by atoms with Gasteiger partial charge in [-0.15, -0.1) is 0 Å².